The Kier molecular flexibility index (Phi) is 58.2. The Hall–Kier alpha value is -14.2. The van der Waals surface area contributed by atoms with Gasteiger partial charge in [-0.3, -0.25) is 0 Å². The molecule has 6 aromatic rings. The number of methoxy groups -OCH3 is 6. The molecule has 3 aliphatic rings. The Labute approximate surface area is 872 Å². The topological polar surface area (TPSA) is 347 Å². The summed E-state index contributed by atoms with van der Waals surface area (Å²) in [6.07, 6.45) is 43.3. The summed E-state index contributed by atoms with van der Waals surface area (Å²) in [7, 11) is 9.35. The summed E-state index contributed by atoms with van der Waals surface area (Å²) in [6.45, 7) is 23.5. The molecule has 0 radical (unpaired) electrons. The molecular formula is C118H152O30. The Morgan fingerprint density at radius 3 is 0.635 bits per heavy atom. The number of carbonyl (C=O) groups excluding carboxylic acids is 9. The fraction of sp³-hybridized carbons (Fsp3) is 0.466. The molecule has 3 saturated carbocycles. The summed E-state index contributed by atoms with van der Waals surface area (Å²) < 4.78 is 115. The van der Waals surface area contributed by atoms with Gasteiger partial charge in [0.25, 0.3) is 0 Å². The molecule has 0 bridgehead atoms. The number of rotatable bonds is 67. The van der Waals surface area contributed by atoms with Crippen LogP contribution in [0.1, 0.15) is 228 Å². The van der Waals surface area contributed by atoms with E-state index in [4.69, 9.17) is 99.5 Å². The van der Waals surface area contributed by atoms with Crippen LogP contribution in [0.25, 0.3) is 36.5 Å². The van der Waals surface area contributed by atoms with E-state index in [2.05, 4.69) is 26.7 Å². The third-order valence-corrected chi connectivity index (χ3v) is 23.7. The van der Waals surface area contributed by atoms with Crippen molar-refractivity contribution in [3.05, 3.63) is 215 Å². The molecule has 0 heterocycles. The number of carbonyl (C=O) groups is 9. The van der Waals surface area contributed by atoms with Crippen molar-refractivity contribution in [3.8, 4) is 69.0 Å². The van der Waals surface area contributed by atoms with Crippen LogP contribution in [0, 0.1) is 23.7 Å². The van der Waals surface area contributed by atoms with Crippen LogP contribution in [0.2, 0.25) is 0 Å². The lowest BCUT2D eigenvalue weighted by molar-refractivity contribution is -0.140. The maximum absolute atomic E-state index is 12.3. The van der Waals surface area contributed by atoms with Crippen molar-refractivity contribution in [2.45, 2.75) is 195 Å². The van der Waals surface area contributed by atoms with Gasteiger partial charge in [0.05, 0.1) is 142 Å². The first-order chi connectivity index (χ1) is 71.8. The van der Waals surface area contributed by atoms with Crippen LogP contribution in [0.4, 0.5) is 0 Å². The van der Waals surface area contributed by atoms with Crippen LogP contribution in [0.15, 0.2) is 182 Å². The summed E-state index contributed by atoms with van der Waals surface area (Å²) in [4.78, 5) is 107. The molecule has 0 N–H and O–H groups in total. The normalized spacial score (nSPS) is 13.7. The number of hydrogen-bond donors (Lipinski definition) is 0. The second kappa shape index (κ2) is 71.4. The van der Waals surface area contributed by atoms with Gasteiger partial charge < -0.3 is 99.5 Å². The Morgan fingerprint density at radius 1 is 0.236 bits per heavy atom. The van der Waals surface area contributed by atoms with Crippen LogP contribution in [-0.4, -0.2) is 195 Å². The zero-order chi connectivity index (χ0) is 107. The van der Waals surface area contributed by atoms with Crippen LogP contribution < -0.4 is 56.8 Å². The number of benzene rings is 6. The van der Waals surface area contributed by atoms with Crippen LogP contribution >= 0.6 is 0 Å². The molecule has 0 aromatic heterocycles. The lowest BCUT2D eigenvalue weighted by Crippen LogP contribution is -2.19. The lowest BCUT2D eigenvalue weighted by atomic mass is 9.81. The van der Waals surface area contributed by atoms with E-state index >= 15 is 0 Å². The van der Waals surface area contributed by atoms with Crippen molar-refractivity contribution in [2.75, 3.05) is 142 Å². The third-order valence-electron chi connectivity index (χ3n) is 23.7. The third kappa shape index (κ3) is 50.3. The van der Waals surface area contributed by atoms with Crippen molar-refractivity contribution in [2.24, 2.45) is 23.7 Å². The molecule has 30 nitrogen and oxygen atoms in total. The molecule has 0 amide bonds. The second-order valence-electron chi connectivity index (χ2n) is 35.9. The average Bonchev–Trinajstić information content (AvgIpc) is 0.989. The zero-order valence-electron chi connectivity index (χ0n) is 88.0. The molecular weight excluding hydrogens is 1900 g/mol. The van der Waals surface area contributed by atoms with E-state index in [1.807, 2.05) is 42.5 Å². The first-order valence-corrected chi connectivity index (χ1v) is 51.2. The molecule has 0 atom stereocenters. The Bertz CT molecular complexity index is 5320. The SMILES string of the molecule is C=C(C)C(=O)OCCCCCCOc1ccc(/C=C/C(=O)OCCCOc2ccc(/C=C/C(=O)OCC3CC3)cc2OC)cc1OC.C=C(C)C(=O)OCCCCCCOc1ccc(/C=C/C(=O)OCCCOc2ccc(/C=C/C(=O)OCC3CCC(CC)CC3)cc2OC)cc1OC.C=C(C)C(=O)OCCCCCCOc1ccc(/C=C/C(=O)OCCCOc2ccc(/C=C/C(=O)OCC3CCCC3)cc2OC)cc1OC. The number of unbranched alkanes of at least 4 members (excludes halogenated alkanes) is 9. The van der Waals surface area contributed by atoms with Gasteiger partial charge >= 0.3 is 53.7 Å². The monoisotopic (exact) mass is 2050 g/mol. The van der Waals surface area contributed by atoms with Crippen molar-refractivity contribution in [3.63, 3.8) is 0 Å². The summed E-state index contributed by atoms with van der Waals surface area (Å²) in [6, 6.07) is 32.5. The van der Waals surface area contributed by atoms with Gasteiger partial charge in [0, 0.05) is 72.4 Å². The largest absolute Gasteiger partial charge is 0.493 e. The first kappa shape index (κ1) is 121. The van der Waals surface area contributed by atoms with Gasteiger partial charge in [-0.15, -0.1) is 0 Å². The fourth-order valence-electron chi connectivity index (χ4n) is 14.9. The summed E-state index contributed by atoms with van der Waals surface area (Å²) in [5.41, 5.74) is 5.86. The predicted octanol–water partition coefficient (Wildman–Crippen LogP) is 22.8. The smallest absolute Gasteiger partial charge is 0.333 e. The van der Waals surface area contributed by atoms with Crippen molar-refractivity contribution >= 4 is 90.2 Å². The molecule has 0 saturated heterocycles. The predicted molar refractivity (Wildman–Crippen MR) is 568 cm³/mol. The second-order valence-corrected chi connectivity index (χ2v) is 35.9. The molecule has 0 unspecified atom stereocenters. The quantitative estimate of drug-likeness (QED) is 0.0148. The maximum Gasteiger partial charge on any atom is 0.333 e. The van der Waals surface area contributed by atoms with Gasteiger partial charge in [-0.2, -0.15) is 0 Å². The highest BCUT2D eigenvalue weighted by Gasteiger charge is 2.25. The minimum Gasteiger partial charge on any atom is -0.493 e. The van der Waals surface area contributed by atoms with Crippen LogP contribution in [0.5, 0.6) is 69.0 Å². The number of esters is 9. The minimum absolute atomic E-state index is 0.185. The fourth-order valence-corrected chi connectivity index (χ4v) is 14.9. The van der Waals surface area contributed by atoms with E-state index in [1.165, 1.54) is 68.6 Å². The van der Waals surface area contributed by atoms with Crippen molar-refractivity contribution in [1.82, 2.24) is 0 Å². The number of hydrogen-bond acceptors (Lipinski definition) is 30. The molecule has 148 heavy (non-hydrogen) atoms. The molecule has 3 aliphatic carbocycles. The van der Waals surface area contributed by atoms with Crippen LogP contribution in [-0.2, 0) is 85.8 Å². The number of ether oxygens (including phenoxy) is 21. The molecule has 0 spiro atoms. The Morgan fingerprint density at radius 2 is 0.426 bits per heavy atom. The van der Waals surface area contributed by atoms with Gasteiger partial charge in [0.15, 0.2) is 69.0 Å². The molecule has 804 valence electrons. The van der Waals surface area contributed by atoms with Gasteiger partial charge in [-0.25, -0.2) is 43.2 Å². The lowest BCUT2D eigenvalue weighted by Gasteiger charge is -2.27. The van der Waals surface area contributed by atoms with Gasteiger partial charge in [0.2, 0.25) is 0 Å². The van der Waals surface area contributed by atoms with E-state index in [1.54, 1.807) is 167 Å². The first-order valence-electron chi connectivity index (χ1n) is 51.2. The van der Waals surface area contributed by atoms with Gasteiger partial charge in [-0.05, 0) is 303 Å². The molecule has 6 aromatic carbocycles. The van der Waals surface area contributed by atoms with Gasteiger partial charge in [-0.1, -0.05) is 95.2 Å². The van der Waals surface area contributed by atoms with Crippen molar-refractivity contribution in [1.29, 1.82) is 0 Å². The highest BCUT2D eigenvalue weighted by atomic mass is 16.6. The van der Waals surface area contributed by atoms with E-state index < -0.39 is 17.9 Å². The Balaban J connectivity index is 0.000000301. The van der Waals surface area contributed by atoms with E-state index in [0.29, 0.717) is 202 Å². The van der Waals surface area contributed by atoms with E-state index in [-0.39, 0.29) is 55.6 Å². The highest BCUT2D eigenvalue weighted by Crippen LogP contribution is 2.37. The zero-order valence-corrected chi connectivity index (χ0v) is 88.0. The molecule has 9 rings (SSSR count). The average molecular weight is 2050 g/mol. The van der Waals surface area contributed by atoms with Gasteiger partial charge in [0.1, 0.15) is 0 Å². The van der Waals surface area contributed by atoms with Crippen molar-refractivity contribution < 1.29 is 143 Å². The van der Waals surface area contributed by atoms with E-state index in [9.17, 15) is 43.2 Å². The standard InChI is InChI=1S/C42H56O10.C39H50O10.C37H46O10/c1-6-32-12-14-35(15-13-32)30-52-41(44)23-19-34-17-21-37(39(29-34)47-5)49-26-11-27-50-40(43)22-18-33-16-20-36(38(28-33)46-4)48-24-9-7-8-10-25-51-42(45)31(2)3;1-29(2)39(42)48-23-10-6-5-9-22-45-33-18-14-30(26-35(33)43-3)16-20-37(40)47-25-11-24-46-34-19-15-31(27-36(34)44-4)17-21-38(41)49-28-32-12-7-8-13-32;1-27(2)37(40)46-21-8-6-5-7-20-43-31-16-12-28(24-33(31)41-3)14-18-35(38)45-23-9-22-44-32-17-13-29(25-34(32)42-4)15-19-36(39)47-26-30-10-11-30/h16-23,28-29,32,35H,2,6-15,24-27,30H2,1,3-5H3;14-21,26-27,32H,1,5-13,22-25,28H2,2-4H3;12-19,24-25,30H,1,5-11,20-23,26H2,2-4H3/b22-18+,23-19+;20-16+,21-17+;18-14+,19-15+. The highest BCUT2D eigenvalue weighted by molar-refractivity contribution is 5.91. The molecule has 0 aliphatic heterocycles. The van der Waals surface area contributed by atoms with Crippen LogP contribution in [0.3, 0.4) is 0 Å². The van der Waals surface area contributed by atoms with E-state index in [0.717, 1.165) is 155 Å². The summed E-state index contributed by atoms with van der Waals surface area (Å²) in [5, 5.41) is 0. The maximum atomic E-state index is 12.3. The summed E-state index contributed by atoms with van der Waals surface area (Å²) in [5.74, 6) is 5.55. The summed E-state index contributed by atoms with van der Waals surface area (Å²) >= 11 is 0. The molecule has 30 heteroatoms. The molecule has 3 fully saturated rings. The minimum atomic E-state index is -0.469.